The first kappa shape index (κ1) is 53.7. The summed E-state index contributed by atoms with van der Waals surface area (Å²) in [7, 11) is 0. The molecule has 7 nitrogen and oxygen atoms in total. The summed E-state index contributed by atoms with van der Waals surface area (Å²) in [6.45, 7) is 30.5. The van der Waals surface area contributed by atoms with Crippen LogP contribution in [0.3, 0.4) is 0 Å². The molecule has 2 aliphatic carbocycles. The third-order valence-corrected chi connectivity index (χ3v) is 13.7. The fourth-order valence-electron chi connectivity index (χ4n) is 9.01. The quantitative estimate of drug-likeness (QED) is 0.0648. The van der Waals surface area contributed by atoms with Crippen molar-refractivity contribution in [2.45, 2.75) is 138 Å². The van der Waals surface area contributed by atoms with Gasteiger partial charge in [-0.05, 0) is 103 Å². The Bertz CT molecular complexity index is 1870. The second-order valence-corrected chi connectivity index (χ2v) is 19.6. The largest absolute Gasteiger partial charge is 0.394 e. The zero-order valence-corrected chi connectivity index (χ0v) is 40.3. The monoisotopic (exact) mass is 867 g/mol. The van der Waals surface area contributed by atoms with Crippen molar-refractivity contribution in [2.75, 3.05) is 19.8 Å². The fraction of sp³-hybridized carbons (Fsp3) is 0.536. The van der Waals surface area contributed by atoms with Gasteiger partial charge in [-0.3, -0.25) is 0 Å². The number of hydrogen-bond donors (Lipinski definition) is 5. The standard InChI is InChI=1S/C56H82O7/c1-38(19-15-21-40(3)25-33-48-44(7)27-31-46(55(48,9)10)29-23-42(5)35-57)17-13-14-18-39(2)20-16-22-41(4)26-34-49-45(8)28-32-47(56(49,11)12)30-24-43(6)37-62-54-53(61)52(60)51(59)50(36-58)63-54/h13-26,33-34,46-54,57-61H,7-8,27-32,35-37H2,1-6,9-12H3. The lowest BCUT2D eigenvalue weighted by Gasteiger charge is -2.45. The van der Waals surface area contributed by atoms with Crippen LogP contribution in [-0.2, 0) is 9.47 Å². The fourth-order valence-corrected chi connectivity index (χ4v) is 9.01. The second-order valence-electron chi connectivity index (χ2n) is 19.6. The molecule has 7 heteroatoms. The molecular weight excluding hydrogens is 785 g/mol. The van der Waals surface area contributed by atoms with Crippen LogP contribution in [0.5, 0.6) is 0 Å². The molecule has 1 saturated heterocycles. The first-order chi connectivity index (χ1) is 29.7. The molecule has 0 aromatic rings. The molecule has 9 atom stereocenters. The third-order valence-electron chi connectivity index (χ3n) is 13.7. The van der Waals surface area contributed by atoms with Crippen molar-refractivity contribution in [1.82, 2.24) is 0 Å². The summed E-state index contributed by atoms with van der Waals surface area (Å²) in [4.78, 5) is 0. The highest BCUT2D eigenvalue weighted by atomic mass is 16.7. The molecular formula is C56H82O7. The van der Waals surface area contributed by atoms with Crippen LogP contribution in [0.2, 0.25) is 0 Å². The van der Waals surface area contributed by atoms with Crippen LogP contribution >= 0.6 is 0 Å². The molecule has 9 unspecified atom stereocenters. The minimum atomic E-state index is -1.46. The van der Waals surface area contributed by atoms with Crippen molar-refractivity contribution in [3.05, 3.63) is 155 Å². The molecule has 63 heavy (non-hydrogen) atoms. The van der Waals surface area contributed by atoms with Crippen LogP contribution in [0.25, 0.3) is 0 Å². The van der Waals surface area contributed by atoms with Crippen LogP contribution in [0, 0.1) is 34.5 Å². The molecule has 3 rings (SSSR count). The molecule has 0 amide bonds. The van der Waals surface area contributed by atoms with E-state index in [-0.39, 0.29) is 30.0 Å². The summed E-state index contributed by atoms with van der Waals surface area (Å²) in [5, 5.41) is 49.3. The minimum Gasteiger partial charge on any atom is -0.394 e. The van der Waals surface area contributed by atoms with Crippen LogP contribution in [0.15, 0.2) is 155 Å². The highest BCUT2D eigenvalue weighted by Gasteiger charge is 2.44. The maximum atomic E-state index is 10.3. The molecule has 1 heterocycles. The maximum Gasteiger partial charge on any atom is 0.187 e. The van der Waals surface area contributed by atoms with Gasteiger partial charge in [0.05, 0.1) is 19.8 Å². The van der Waals surface area contributed by atoms with E-state index >= 15 is 0 Å². The lowest BCUT2D eigenvalue weighted by atomic mass is 9.59. The summed E-state index contributed by atoms with van der Waals surface area (Å²) in [6, 6.07) is 0. The van der Waals surface area contributed by atoms with E-state index in [9.17, 15) is 25.5 Å². The normalized spacial score (nSPS) is 30.9. The molecule has 0 spiro atoms. The molecule has 2 saturated carbocycles. The van der Waals surface area contributed by atoms with Gasteiger partial charge in [0.25, 0.3) is 0 Å². The number of hydrogen-bond acceptors (Lipinski definition) is 7. The zero-order chi connectivity index (χ0) is 46.9. The molecule has 5 N–H and O–H groups in total. The maximum absolute atomic E-state index is 10.3. The van der Waals surface area contributed by atoms with Gasteiger partial charge >= 0.3 is 0 Å². The van der Waals surface area contributed by atoms with Crippen LogP contribution in [-0.4, -0.2) is 76.1 Å². The van der Waals surface area contributed by atoms with Crippen molar-refractivity contribution in [3.8, 4) is 0 Å². The average Bonchev–Trinajstić information content (AvgIpc) is 3.22. The zero-order valence-electron chi connectivity index (χ0n) is 40.3. The highest BCUT2D eigenvalue weighted by Crippen LogP contribution is 2.50. The number of rotatable bonds is 19. The van der Waals surface area contributed by atoms with Crippen LogP contribution < -0.4 is 0 Å². The molecule has 348 valence electrons. The van der Waals surface area contributed by atoms with Gasteiger partial charge in [-0.15, -0.1) is 0 Å². The van der Waals surface area contributed by atoms with Crippen molar-refractivity contribution < 1.29 is 35.0 Å². The molecule has 0 bridgehead atoms. The topological polar surface area (TPSA) is 120 Å². The van der Waals surface area contributed by atoms with E-state index in [1.165, 1.54) is 27.9 Å². The van der Waals surface area contributed by atoms with Gasteiger partial charge in [0.1, 0.15) is 24.4 Å². The van der Waals surface area contributed by atoms with E-state index in [1.807, 2.05) is 13.8 Å². The average molecular weight is 867 g/mol. The van der Waals surface area contributed by atoms with Gasteiger partial charge in [0.15, 0.2) is 6.29 Å². The van der Waals surface area contributed by atoms with E-state index in [0.717, 1.165) is 55.2 Å². The smallest absolute Gasteiger partial charge is 0.187 e. The van der Waals surface area contributed by atoms with Gasteiger partial charge in [0, 0.05) is 11.8 Å². The summed E-state index contributed by atoms with van der Waals surface area (Å²) in [5.74, 6) is 1.56. The molecule has 0 aromatic heterocycles. The van der Waals surface area contributed by atoms with Gasteiger partial charge in [-0.1, -0.05) is 183 Å². The van der Waals surface area contributed by atoms with Crippen molar-refractivity contribution in [2.24, 2.45) is 34.5 Å². The lowest BCUT2D eigenvalue weighted by Crippen LogP contribution is -2.59. The van der Waals surface area contributed by atoms with E-state index in [1.54, 1.807) is 0 Å². The van der Waals surface area contributed by atoms with E-state index < -0.39 is 37.3 Å². The predicted octanol–water partition coefficient (Wildman–Crippen LogP) is 11.3. The van der Waals surface area contributed by atoms with E-state index in [2.05, 4.69) is 166 Å². The Hall–Kier alpha value is -3.66. The van der Waals surface area contributed by atoms with Crippen LogP contribution in [0.1, 0.15) is 108 Å². The Labute approximate surface area is 381 Å². The summed E-state index contributed by atoms with van der Waals surface area (Å²) in [5.41, 5.74) is 9.39. The number of allylic oxidation sites excluding steroid dienone is 22. The molecule has 1 aliphatic heterocycles. The van der Waals surface area contributed by atoms with E-state index in [0.29, 0.717) is 17.8 Å². The lowest BCUT2D eigenvalue weighted by molar-refractivity contribution is -0.299. The Balaban J connectivity index is 1.50. The predicted molar refractivity (Wildman–Crippen MR) is 263 cm³/mol. The van der Waals surface area contributed by atoms with Gasteiger partial charge < -0.3 is 35.0 Å². The second kappa shape index (κ2) is 25.7. The van der Waals surface area contributed by atoms with E-state index in [4.69, 9.17) is 9.47 Å². The number of aliphatic hydroxyl groups excluding tert-OH is 5. The summed E-state index contributed by atoms with van der Waals surface area (Å²) >= 11 is 0. The summed E-state index contributed by atoms with van der Waals surface area (Å²) < 4.78 is 11.2. The Kier molecular flexibility index (Phi) is 21.9. The number of ether oxygens (including phenoxy) is 2. The summed E-state index contributed by atoms with van der Waals surface area (Å²) in [6.07, 6.45) is 34.3. The Morgan fingerprint density at radius 2 is 1.05 bits per heavy atom. The molecule has 0 radical (unpaired) electrons. The highest BCUT2D eigenvalue weighted by molar-refractivity contribution is 5.33. The molecule has 0 aromatic carbocycles. The van der Waals surface area contributed by atoms with Gasteiger partial charge in [0.2, 0.25) is 0 Å². The van der Waals surface area contributed by atoms with Crippen LogP contribution in [0.4, 0.5) is 0 Å². The molecule has 3 aliphatic rings. The number of aliphatic hydroxyl groups is 5. The Morgan fingerprint density at radius 1 is 0.619 bits per heavy atom. The first-order valence-electron chi connectivity index (χ1n) is 23.0. The van der Waals surface area contributed by atoms with Gasteiger partial charge in [-0.2, -0.15) is 0 Å². The van der Waals surface area contributed by atoms with Crippen molar-refractivity contribution in [1.29, 1.82) is 0 Å². The van der Waals surface area contributed by atoms with Gasteiger partial charge in [-0.25, -0.2) is 0 Å². The van der Waals surface area contributed by atoms with Crippen molar-refractivity contribution in [3.63, 3.8) is 0 Å². The Morgan fingerprint density at radius 3 is 1.49 bits per heavy atom. The molecule has 3 fully saturated rings. The third kappa shape index (κ3) is 16.4. The minimum absolute atomic E-state index is 0.00914. The van der Waals surface area contributed by atoms with Crippen molar-refractivity contribution >= 4 is 0 Å². The SMILES string of the molecule is C=C1CCC(CC=C(C)CO)C(C)(C)C1C=CC(C)=CC=CC(C)=CC=CC=C(C)C=CC=C(C)C=CC1C(=C)CCC(CC=C(C)COC2OC(CO)C(O)C(O)C2O)C1(C)C. The first-order valence-corrected chi connectivity index (χ1v) is 23.0.